The third-order valence-corrected chi connectivity index (χ3v) is 6.63. The van der Waals surface area contributed by atoms with Crippen LogP contribution in [0.2, 0.25) is 0 Å². The molecule has 0 saturated carbocycles. The van der Waals surface area contributed by atoms with Crippen molar-refractivity contribution in [3.05, 3.63) is 40.7 Å². The van der Waals surface area contributed by atoms with Crippen molar-refractivity contribution in [1.82, 2.24) is 34.7 Å². The van der Waals surface area contributed by atoms with E-state index in [1.165, 1.54) is 17.6 Å². The van der Waals surface area contributed by atoms with E-state index in [1.54, 1.807) is 4.52 Å². The number of rotatable bonds is 3. The number of hydrogen-bond acceptors (Lipinski definition) is 5. The Morgan fingerprint density at radius 1 is 1.32 bits per heavy atom. The topological polar surface area (TPSA) is 92.1 Å². The van der Waals surface area contributed by atoms with Gasteiger partial charge in [0.15, 0.2) is 0 Å². The first-order valence-electron chi connectivity index (χ1n) is 10.0. The first kappa shape index (κ1) is 17.3. The third-order valence-electron chi connectivity index (χ3n) is 6.63. The number of likely N-dealkylation sites (tertiary alicyclic amines) is 1. The summed E-state index contributed by atoms with van der Waals surface area (Å²) in [7, 11) is 0. The molecule has 1 fully saturated rings. The largest absolute Gasteiger partial charge is 0.342 e. The molecule has 1 unspecified atom stereocenters. The number of aromatic nitrogens is 6. The monoisotopic (exact) mass is 379 g/mol. The second-order valence-electron chi connectivity index (χ2n) is 8.20. The molecule has 1 aliphatic heterocycles. The molecular weight excluding hydrogens is 354 g/mol. The van der Waals surface area contributed by atoms with Crippen LogP contribution in [0.25, 0.3) is 5.78 Å². The lowest BCUT2D eigenvalue weighted by Crippen LogP contribution is -2.47. The Balaban J connectivity index is 1.31. The molecule has 28 heavy (non-hydrogen) atoms. The van der Waals surface area contributed by atoms with E-state index in [-0.39, 0.29) is 11.3 Å². The summed E-state index contributed by atoms with van der Waals surface area (Å²) in [6, 6.07) is 0. The molecule has 0 radical (unpaired) electrons. The van der Waals surface area contributed by atoms with Gasteiger partial charge in [0.1, 0.15) is 6.33 Å². The van der Waals surface area contributed by atoms with Gasteiger partial charge >= 0.3 is 0 Å². The molecule has 1 amide bonds. The van der Waals surface area contributed by atoms with E-state index in [9.17, 15) is 4.79 Å². The number of H-pyrrole nitrogens is 1. The Labute approximate surface area is 163 Å². The van der Waals surface area contributed by atoms with Crippen molar-refractivity contribution >= 4 is 11.7 Å². The molecule has 2 aliphatic rings. The zero-order valence-electron chi connectivity index (χ0n) is 16.4. The van der Waals surface area contributed by atoms with E-state index in [1.807, 2.05) is 20.0 Å². The van der Waals surface area contributed by atoms with Gasteiger partial charge in [0, 0.05) is 42.0 Å². The fourth-order valence-corrected chi connectivity index (χ4v) is 5.12. The maximum Gasteiger partial charge on any atom is 0.252 e. The minimum Gasteiger partial charge on any atom is -0.342 e. The number of carbonyl (C=O) groups excluding carboxylic acids is 1. The summed E-state index contributed by atoms with van der Waals surface area (Å²) in [5, 5.41) is 11.7. The Kier molecular flexibility index (Phi) is 3.96. The summed E-state index contributed by atoms with van der Waals surface area (Å²) in [6.07, 6.45) is 9.01. The van der Waals surface area contributed by atoms with E-state index in [0.717, 1.165) is 55.7 Å². The molecule has 1 aliphatic carbocycles. The first-order valence-corrected chi connectivity index (χ1v) is 10.0. The lowest BCUT2D eigenvalue weighted by Gasteiger charge is -2.40. The van der Waals surface area contributed by atoms with Crippen LogP contribution in [0.4, 0.5) is 0 Å². The van der Waals surface area contributed by atoms with Gasteiger partial charge in [0.2, 0.25) is 5.91 Å². The fraction of sp³-hybridized carbons (Fsp3) is 0.550. The lowest BCUT2D eigenvalue weighted by molar-refractivity contribution is -0.133. The highest BCUT2D eigenvalue weighted by Gasteiger charge is 2.44. The van der Waals surface area contributed by atoms with Crippen molar-refractivity contribution < 1.29 is 4.79 Å². The number of carbonyl (C=O) groups is 1. The first-order chi connectivity index (χ1) is 13.6. The highest BCUT2D eigenvalue weighted by atomic mass is 16.2. The average Bonchev–Trinajstić information content (AvgIpc) is 3.41. The van der Waals surface area contributed by atoms with Crippen LogP contribution in [0.15, 0.2) is 12.5 Å². The van der Waals surface area contributed by atoms with Crippen LogP contribution < -0.4 is 0 Å². The van der Waals surface area contributed by atoms with Gasteiger partial charge in [-0.25, -0.2) is 9.50 Å². The maximum absolute atomic E-state index is 13.0. The molecule has 1 spiro atoms. The zero-order chi connectivity index (χ0) is 19.3. The number of hydrogen-bond donors (Lipinski definition) is 1. The van der Waals surface area contributed by atoms with Gasteiger partial charge in [0.25, 0.3) is 5.78 Å². The molecular formula is C20H25N7O. The number of fused-ring (bicyclic) bond motifs is 3. The van der Waals surface area contributed by atoms with Gasteiger partial charge in [-0.05, 0) is 57.1 Å². The summed E-state index contributed by atoms with van der Waals surface area (Å²) in [5.74, 6) is 0.837. The summed E-state index contributed by atoms with van der Waals surface area (Å²) in [5.41, 5.74) is 5.70. The van der Waals surface area contributed by atoms with Crippen LogP contribution in [0, 0.1) is 13.8 Å². The van der Waals surface area contributed by atoms with Crippen molar-refractivity contribution in [2.45, 2.75) is 57.8 Å². The van der Waals surface area contributed by atoms with Crippen LogP contribution >= 0.6 is 0 Å². The van der Waals surface area contributed by atoms with Crippen molar-refractivity contribution in [2.24, 2.45) is 0 Å². The molecule has 5 rings (SSSR count). The minimum absolute atomic E-state index is 0.0762. The molecule has 4 heterocycles. The van der Waals surface area contributed by atoms with E-state index in [2.05, 4.69) is 30.2 Å². The summed E-state index contributed by atoms with van der Waals surface area (Å²) < 4.78 is 1.75. The van der Waals surface area contributed by atoms with Gasteiger partial charge in [-0.1, -0.05) is 0 Å². The summed E-state index contributed by atoms with van der Waals surface area (Å²) >= 11 is 0. The molecule has 3 aromatic rings. The van der Waals surface area contributed by atoms with E-state index in [0.29, 0.717) is 18.6 Å². The van der Waals surface area contributed by atoms with Crippen LogP contribution in [0.5, 0.6) is 0 Å². The number of nitrogens with one attached hydrogen (secondary N) is 1. The molecule has 1 atom stereocenters. The average molecular weight is 379 g/mol. The van der Waals surface area contributed by atoms with Crippen LogP contribution in [-0.4, -0.2) is 53.7 Å². The number of amides is 1. The molecule has 0 aromatic carbocycles. The van der Waals surface area contributed by atoms with Crippen molar-refractivity contribution in [3.8, 4) is 0 Å². The highest BCUT2D eigenvalue weighted by Crippen LogP contribution is 2.43. The standard InChI is InChI=1S/C20H25N7O/c1-13-16(14(2)27-19(24-13)21-12-23-27)4-5-17(28)26-9-3-7-20(11-26)8-6-15-10-22-25-18(15)20/h10,12H,3-9,11H2,1-2H3,(H,22,25). The second-order valence-corrected chi connectivity index (χ2v) is 8.20. The van der Waals surface area contributed by atoms with Crippen LogP contribution in [0.1, 0.15) is 53.9 Å². The fourth-order valence-electron chi connectivity index (χ4n) is 5.12. The molecule has 8 nitrogen and oxygen atoms in total. The van der Waals surface area contributed by atoms with E-state index >= 15 is 0 Å². The number of nitrogens with zero attached hydrogens (tertiary/aromatic N) is 6. The Morgan fingerprint density at radius 2 is 2.21 bits per heavy atom. The molecule has 146 valence electrons. The molecule has 0 bridgehead atoms. The molecule has 1 saturated heterocycles. The summed E-state index contributed by atoms with van der Waals surface area (Å²) in [6.45, 7) is 5.65. The lowest BCUT2D eigenvalue weighted by atomic mass is 9.77. The van der Waals surface area contributed by atoms with Gasteiger partial charge < -0.3 is 4.90 Å². The predicted molar refractivity (Wildman–Crippen MR) is 103 cm³/mol. The third kappa shape index (κ3) is 2.62. The van der Waals surface area contributed by atoms with Gasteiger partial charge in [-0.2, -0.15) is 15.2 Å². The minimum atomic E-state index is 0.0762. The second kappa shape index (κ2) is 6.39. The number of piperidine rings is 1. The van der Waals surface area contributed by atoms with Gasteiger partial charge in [-0.3, -0.25) is 9.89 Å². The quantitative estimate of drug-likeness (QED) is 0.750. The highest BCUT2D eigenvalue weighted by molar-refractivity contribution is 5.77. The van der Waals surface area contributed by atoms with Crippen molar-refractivity contribution in [3.63, 3.8) is 0 Å². The SMILES string of the molecule is Cc1nc2ncnn2c(C)c1CCC(=O)N1CCCC2(CCc3cn[nH]c32)C1. The normalized spacial score (nSPS) is 21.6. The van der Waals surface area contributed by atoms with Crippen LogP contribution in [0.3, 0.4) is 0 Å². The molecule has 8 heteroatoms. The van der Waals surface area contributed by atoms with Crippen molar-refractivity contribution in [2.75, 3.05) is 13.1 Å². The van der Waals surface area contributed by atoms with Crippen LogP contribution in [-0.2, 0) is 23.1 Å². The molecule has 1 N–H and O–H groups in total. The Morgan fingerprint density at radius 3 is 3.11 bits per heavy atom. The number of aryl methyl sites for hydroxylation is 3. The Bertz CT molecular complexity index is 1050. The zero-order valence-corrected chi connectivity index (χ0v) is 16.4. The van der Waals surface area contributed by atoms with E-state index < -0.39 is 0 Å². The van der Waals surface area contributed by atoms with Gasteiger partial charge in [-0.15, -0.1) is 0 Å². The smallest absolute Gasteiger partial charge is 0.252 e. The summed E-state index contributed by atoms with van der Waals surface area (Å²) in [4.78, 5) is 23.8. The van der Waals surface area contributed by atoms with Crippen molar-refractivity contribution in [1.29, 1.82) is 0 Å². The Hall–Kier alpha value is -2.77. The number of aromatic amines is 1. The molecule has 3 aromatic heterocycles. The predicted octanol–water partition coefficient (Wildman–Crippen LogP) is 1.90. The van der Waals surface area contributed by atoms with Gasteiger partial charge in [0.05, 0.1) is 6.20 Å². The maximum atomic E-state index is 13.0. The van der Waals surface area contributed by atoms with E-state index in [4.69, 9.17) is 0 Å².